The third-order valence-corrected chi connectivity index (χ3v) is 3.09. The van der Waals surface area contributed by atoms with Crippen molar-refractivity contribution in [1.29, 1.82) is 0 Å². The van der Waals surface area contributed by atoms with E-state index in [2.05, 4.69) is 20.6 Å². The second-order valence-corrected chi connectivity index (χ2v) is 4.43. The van der Waals surface area contributed by atoms with E-state index >= 15 is 0 Å². The van der Waals surface area contributed by atoms with Crippen LogP contribution < -0.4 is 10.6 Å². The molecule has 0 amide bonds. The molecule has 1 saturated carbocycles. The predicted octanol–water partition coefficient (Wildman–Crippen LogP) is 2.43. The molecule has 0 aliphatic heterocycles. The van der Waals surface area contributed by atoms with Gasteiger partial charge in [-0.2, -0.15) is 4.98 Å². The fraction of sp³-hybridized carbons (Fsp3) is 0.667. The molecule has 1 aromatic rings. The first kappa shape index (κ1) is 11.2. The number of hydrogen-bond acceptors (Lipinski definition) is 4. The lowest BCUT2D eigenvalue weighted by atomic mass is 9.85. The molecule has 1 aliphatic rings. The van der Waals surface area contributed by atoms with Crippen molar-refractivity contribution in [2.24, 2.45) is 5.92 Å². The minimum Gasteiger partial charge on any atom is -0.369 e. The van der Waals surface area contributed by atoms with Crippen molar-refractivity contribution in [2.45, 2.75) is 33.1 Å². The quantitative estimate of drug-likeness (QED) is 0.800. The lowest BCUT2D eigenvalue weighted by Crippen LogP contribution is -2.22. The van der Waals surface area contributed by atoms with Gasteiger partial charge in [-0.05, 0) is 32.6 Å². The van der Waals surface area contributed by atoms with E-state index in [-0.39, 0.29) is 0 Å². The van der Waals surface area contributed by atoms with Crippen molar-refractivity contribution in [3.8, 4) is 0 Å². The van der Waals surface area contributed by atoms with Crippen LogP contribution in [0.3, 0.4) is 0 Å². The number of hydrogen-bond donors (Lipinski definition) is 2. The highest BCUT2D eigenvalue weighted by Gasteiger charge is 2.17. The third kappa shape index (κ3) is 2.62. The predicted molar refractivity (Wildman–Crippen MR) is 66.8 cm³/mol. The zero-order valence-corrected chi connectivity index (χ0v) is 10.1. The highest BCUT2D eigenvalue weighted by molar-refractivity contribution is 5.46. The van der Waals surface area contributed by atoms with E-state index in [1.165, 1.54) is 19.3 Å². The minimum atomic E-state index is 0.712. The second kappa shape index (κ2) is 5.14. The number of anilines is 2. The van der Waals surface area contributed by atoms with Crippen LogP contribution in [0.1, 0.15) is 31.7 Å². The van der Waals surface area contributed by atoms with Crippen molar-refractivity contribution >= 4 is 11.8 Å². The summed E-state index contributed by atoms with van der Waals surface area (Å²) >= 11 is 0. The Bertz CT molecular complexity index is 347. The van der Waals surface area contributed by atoms with Crippen molar-refractivity contribution in [3.05, 3.63) is 11.8 Å². The molecule has 0 radical (unpaired) electrons. The van der Waals surface area contributed by atoms with Crippen LogP contribution in [0.4, 0.5) is 11.8 Å². The lowest BCUT2D eigenvalue weighted by molar-refractivity contribution is 0.333. The molecule has 0 atom stereocenters. The molecule has 2 N–H and O–H groups in total. The summed E-state index contributed by atoms with van der Waals surface area (Å²) in [5.74, 6) is 2.53. The van der Waals surface area contributed by atoms with Gasteiger partial charge < -0.3 is 10.6 Å². The van der Waals surface area contributed by atoms with Gasteiger partial charge in [0.05, 0.1) is 0 Å². The Balaban J connectivity index is 1.96. The Morgan fingerprint density at radius 1 is 1.38 bits per heavy atom. The van der Waals surface area contributed by atoms with Gasteiger partial charge in [0.15, 0.2) is 0 Å². The van der Waals surface area contributed by atoms with Gasteiger partial charge in [0.2, 0.25) is 5.95 Å². The van der Waals surface area contributed by atoms with Crippen molar-refractivity contribution < 1.29 is 0 Å². The molecular formula is C12H20N4. The van der Waals surface area contributed by atoms with Crippen LogP contribution in [0.15, 0.2) is 6.20 Å². The number of rotatable bonds is 5. The number of aromatic nitrogens is 2. The van der Waals surface area contributed by atoms with Gasteiger partial charge >= 0.3 is 0 Å². The van der Waals surface area contributed by atoms with Gasteiger partial charge in [0, 0.05) is 24.8 Å². The molecule has 0 spiro atoms. The highest BCUT2D eigenvalue weighted by atomic mass is 15.1. The van der Waals surface area contributed by atoms with E-state index in [9.17, 15) is 0 Å². The van der Waals surface area contributed by atoms with Crippen LogP contribution in [0.25, 0.3) is 0 Å². The fourth-order valence-electron chi connectivity index (χ4n) is 1.80. The molecule has 4 nitrogen and oxygen atoms in total. The third-order valence-electron chi connectivity index (χ3n) is 3.09. The van der Waals surface area contributed by atoms with Gasteiger partial charge in [-0.15, -0.1) is 0 Å². The zero-order valence-electron chi connectivity index (χ0n) is 10.1. The summed E-state index contributed by atoms with van der Waals surface area (Å²) < 4.78 is 0. The number of nitrogens with one attached hydrogen (secondary N) is 2. The van der Waals surface area contributed by atoms with Crippen molar-refractivity contribution in [1.82, 2.24) is 9.97 Å². The average Bonchev–Trinajstić information content (AvgIpc) is 2.21. The molecule has 1 fully saturated rings. The average molecular weight is 220 g/mol. The normalized spacial score (nSPS) is 15.6. The first-order valence-corrected chi connectivity index (χ1v) is 6.11. The Morgan fingerprint density at radius 2 is 2.19 bits per heavy atom. The minimum absolute atomic E-state index is 0.712. The maximum Gasteiger partial charge on any atom is 0.224 e. The van der Waals surface area contributed by atoms with Crippen LogP contribution in [0, 0.1) is 12.8 Å². The summed E-state index contributed by atoms with van der Waals surface area (Å²) in [6, 6.07) is 0. The molecule has 16 heavy (non-hydrogen) atoms. The molecule has 88 valence electrons. The summed E-state index contributed by atoms with van der Waals surface area (Å²) in [4.78, 5) is 8.69. The highest BCUT2D eigenvalue weighted by Crippen LogP contribution is 2.26. The summed E-state index contributed by atoms with van der Waals surface area (Å²) in [5.41, 5.74) is 1.11. The Hall–Kier alpha value is -1.32. The van der Waals surface area contributed by atoms with E-state index in [0.29, 0.717) is 5.95 Å². The monoisotopic (exact) mass is 220 g/mol. The molecule has 1 heterocycles. The Kier molecular flexibility index (Phi) is 3.59. The van der Waals surface area contributed by atoms with Crippen LogP contribution in [0.5, 0.6) is 0 Å². The number of nitrogens with zero attached hydrogens (tertiary/aromatic N) is 2. The first-order chi connectivity index (χ1) is 7.79. The maximum atomic E-state index is 4.46. The summed E-state index contributed by atoms with van der Waals surface area (Å²) in [6.45, 7) is 5.98. The van der Waals surface area contributed by atoms with Crippen LogP contribution in [0.2, 0.25) is 0 Å². The number of aryl methyl sites for hydroxylation is 1. The summed E-state index contributed by atoms with van der Waals surface area (Å²) in [6.07, 6.45) is 5.97. The Labute approximate surface area is 96.9 Å². The molecule has 2 rings (SSSR count). The van der Waals surface area contributed by atoms with Crippen LogP contribution in [-0.2, 0) is 0 Å². The van der Waals surface area contributed by atoms with Gasteiger partial charge in [-0.1, -0.05) is 6.42 Å². The van der Waals surface area contributed by atoms with E-state index in [0.717, 1.165) is 30.4 Å². The van der Waals surface area contributed by atoms with Crippen LogP contribution >= 0.6 is 0 Å². The van der Waals surface area contributed by atoms with Crippen LogP contribution in [-0.4, -0.2) is 23.1 Å². The maximum absolute atomic E-state index is 4.46. The van der Waals surface area contributed by atoms with Gasteiger partial charge in [-0.3, -0.25) is 0 Å². The second-order valence-electron chi connectivity index (χ2n) is 4.43. The first-order valence-electron chi connectivity index (χ1n) is 6.11. The lowest BCUT2D eigenvalue weighted by Gasteiger charge is -2.25. The smallest absolute Gasteiger partial charge is 0.224 e. The molecule has 1 aliphatic carbocycles. The van der Waals surface area contributed by atoms with Gasteiger partial charge in [0.25, 0.3) is 0 Å². The van der Waals surface area contributed by atoms with Crippen molar-refractivity contribution in [3.63, 3.8) is 0 Å². The fourth-order valence-corrected chi connectivity index (χ4v) is 1.80. The summed E-state index contributed by atoms with van der Waals surface area (Å²) in [7, 11) is 0. The molecule has 0 bridgehead atoms. The SMILES string of the molecule is CCNc1ncc(C)c(NCC2CCC2)n1. The topological polar surface area (TPSA) is 49.8 Å². The molecule has 1 aromatic heterocycles. The molecule has 4 heteroatoms. The molecule has 0 saturated heterocycles. The summed E-state index contributed by atoms with van der Waals surface area (Å²) in [5, 5.41) is 6.55. The standard InChI is InChI=1S/C12H20N4/c1-3-13-12-15-7-9(2)11(16-12)14-8-10-5-4-6-10/h7,10H,3-6,8H2,1-2H3,(H2,13,14,15,16). The van der Waals surface area contributed by atoms with E-state index in [1.807, 2.05) is 20.0 Å². The van der Waals surface area contributed by atoms with E-state index in [4.69, 9.17) is 0 Å². The molecule has 0 aromatic carbocycles. The molecular weight excluding hydrogens is 200 g/mol. The molecule has 0 unspecified atom stereocenters. The Morgan fingerprint density at radius 3 is 2.81 bits per heavy atom. The van der Waals surface area contributed by atoms with E-state index < -0.39 is 0 Å². The van der Waals surface area contributed by atoms with Crippen molar-refractivity contribution in [2.75, 3.05) is 23.7 Å². The zero-order chi connectivity index (χ0) is 11.4. The van der Waals surface area contributed by atoms with E-state index in [1.54, 1.807) is 0 Å². The van der Waals surface area contributed by atoms with Gasteiger partial charge in [-0.25, -0.2) is 4.98 Å². The largest absolute Gasteiger partial charge is 0.369 e. The van der Waals surface area contributed by atoms with Gasteiger partial charge in [0.1, 0.15) is 5.82 Å².